The van der Waals surface area contributed by atoms with Crippen LogP contribution >= 0.6 is 12.6 Å². The molecule has 82 valence electrons. The summed E-state index contributed by atoms with van der Waals surface area (Å²) < 4.78 is 0. The Balaban J connectivity index is 2.05. The molecule has 1 aliphatic heterocycles. The topological polar surface area (TPSA) is 15.3 Å². The molecule has 0 bridgehead atoms. The van der Waals surface area contributed by atoms with E-state index in [4.69, 9.17) is 0 Å². The van der Waals surface area contributed by atoms with Gasteiger partial charge in [-0.1, -0.05) is 30.3 Å². The highest BCUT2D eigenvalue weighted by Crippen LogP contribution is 2.18. The molecule has 1 aliphatic rings. The van der Waals surface area contributed by atoms with Gasteiger partial charge >= 0.3 is 0 Å². The zero-order valence-electron chi connectivity index (χ0n) is 9.06. The van der Waals surface area contributed by atoms with E-state index in [2.05, 4.69) is 60.1 Å². The molecule has 2 atom stereocenters. The van der Waals surface area contributed by atoms with Gasteiger partial charge in [-0.2, -0.15) is 12.6 Å². The normalized spacial score (nSPS) is 25.1. The minimum Gasteiger partial charge on any atom is -0.308 e. The summed E-state index contributed by atoms with van der Waals surface area (Å²) in [6.45, 7) is 5.32. The van der Waals surface area contributed by atoms with Crippen molar-refractivity contribution in [1.82, 2.24) is 10.2 Å². The first-order chi connectivity index (χ1) is 7.27. The first-order valence-electron chi connectivity index (χ1n) is 5.48. The lowest BCUT2D eigenvalue weighted by atomic mass is 10.0. The van der Waals surface area contributed by atoms with E-state index < -0.39 is 0 Å². The second-order valence-electron chi connectivity index (χ2n) is 4.04. The van der Waals surface area contributed by atoms with E-state index in [0.29, 0.717) is 11.4 Å². The van der Waals surface area contributed by atoms with Crippen LogP contribution in [-0.4, -0.2) is 29.9 Å². The van der Waals surface area contributed by atoms with Crippen LogP contribution in [0.1, 0.15) is 18.5 Å². The van der Waals surface area contributed by atoms with E-state index in [1.165, 1.54) is 5.56 Å². The van der Waals surface area contributed by atoms with Crippen LogP contribution in [0.3, 0.4) is 0 Å². The van der Waals surface area contributed by atoms with Gasteiger partial charge in [-0.05, 0) is 12.5 Å². The van der Waals surface area contributed by atoms with Crippen molar-refractivity contribution in [3.05, 3.63) is 35.9 Å². The van der Waals surface area contributed by atoms with E-state index in [1.54, 1.807) is 0 Å². The number of benzene rings is 1. The minimum absolute atomic E-state index is 0.346. The van der Waals surface area contributed by atoms with Crippen LogP contribution in [0.25, 0.3) is 0 Å². The van der Waals surface area contributed by atoms with Gasteiger partial charge in [0.1, 0.15) is 0 Å². The van der Waals surface area contributed by atoms with Crippen LogP contribution < -0.4 is 5.32 Å². The van der Waals surface area contributed by atoms with Crippen molar-refractivity contribution in [2.75, 3.05) is 19.6 Å². The molecule has 0 saturated carbocycles. The van der Waals surface area contributed by atoms with Gasteiger partial charge in [0.15, 0.2) is 0 Å². The van der Waals surface area contributed by atoms with Gasteiger partial charge in [-0.3, -0.25) is 4.90 Å². The predicted molar refractivity (Wildman–Crippen MR) is 67.2 cm³/mol. The van der Waals surface area contributed by atoms with E-state index in [-0.39, 0.29) is 0 Å². The fraction of sp³-hybridized carbons (Fsp3) is 0.500. The maximum absolute atomic E-state index is 4.49. The molecular formula is C12H18N2S. The number of hydrogen-bond donors (Lipinski definition) is 2. The van der Waals surface area contributed by atoms with E-state index in [0.717, 1.165) is 19.6 Å². The fourth-order valence-corrected chi connectivity index (χ4v) is 2.23. The average molecular weight is 222 g/mol. The summed E-state index contributed by atoms with van der Waals surface area (Å²) in [4.78, 5) is 2.40. The number of nitrogens with zero attached hydrogens (tertiary/aromatic N) is 1. The Morgan fingerprint density at radius 1 is 1.40 bits per heavy atom. The molecular weight excluding hydrogens is 204 g/mol. The third kappa shape index (κ3) is 2.74. The highest BCUT2D eigenvalue weighted by atomic mass is 32.1. The molecule has 0 aromatic heterocycles. The first-order valence-corrected chi connectivity index (χ1v) is 5.99. The van der Waals surface area contributed by atoms with Crippen molar-refractivity contribution in [3.8, 4) is 0 Å². The molecule has 0 aliphatic carbocycles. The van der Waals surface area contributed by atoms with Crippen molar-refractivity contribution in [3.63, 3.8) is 0 Å². The van der Waals surface area contributed by atoms with Crippen LogP contribution in [0, 0.1) is 0 Å². The van der Waals surface area contributed by atoms with E-state index in [1.807, 2.05) is 0 Å². The van der Waals surface area contributed by atoms with Gasteiger partial charge in [-0.25, -0.2) is 0 Å². The number of piperazine rings is 1. The highest BCUT2D eigenvalue weighted by Gasteiger charge is 2.22. The number of hydrogen-bond acceptors (Lipinski definition) is 3. The van der Waals surface area contributed by atoms with Crippen molar-refractivity contribution in [1.29, 1.82) is 0 Å². The van der Waals surface area contributed by atoms with Gasteiger partial charge in [0.05, 0.1) is 5.37 Å². The minimum atomic E-state index is 0.346. The Morgan fingerprint density at radius 3 is 2.80 bits per heavy atom. The summed E-state index contributed by atoms with van der Waals surface area (Å²) in [5, 5.41) is 3.89. The van der Waals surface area contributed by atoms with E-state index >= 15 is 0 Å². The van der Waals surface area contributed by atoms with Crippen LogP contribution in [0.4, 0.5) is 0 Å². The maximum Gasteiger partial charge on any atom is 0.0500 e. The van der Waals surface area contributed by atoms with Crippen molar-refractivity contribution in [2.24, 2.45) is 0 Å². The molecule has 2 rings (SSSR count). The Bertz CT molecular complexity index is 300. The fourth-order valence-electron chi connectivity index (χ4n) is 2.02. The Hall–Kier alpha value is -0.510. The molecule has 0 spiro atoms. The third-order valence-corrected chi connectivity index (χ3v) is 3.26. The molecule has 1 aromatic carbocycles. The summed E-state index contributed by atoms with van der Waals surface area (Å²) in [7, 11) is 0. The van der Waals surface area contributed by atoms with Gasteiger partial charge in [-0.15, -0.1) is 0 Å². The lowest BCUT2D eigenvalue weighted by Crippen LogP contribution is -2.47. The molecule has 1 fully saturated rings. The summed E-state index contributed by atoms with van der Waals surface area (Å²) in [5.74, 6) is 0. The molecule has 2 unspecified atom stereocenters. The second kappa shape index (κ2) is 5.01. The number of rotatable bonds is 2. The molecule has 1 aromatic rings. The lowest BCUT2D eigenvalue weighted by molar-refractivity contribution is 0.196. The molecule has 2 nitrogen and oxygen atoms in total. The molecule has 3 heteroatoms. The van der Waals surface area contributed by atoms with Gasteiger partial charge in [0.25, 0.3) is 0 Å². The third-order valence-electron chi connectivity index (χ3n) is 2.94. The first kappa shape index (κ1) is 11.0. The second-order valence-corrected chi connectivity index (χ2v) is 4.79. The quantitative estimate of drug-likeness (QED) is 0.743. The van der Waals surface area contributed by atoms with Crippen LogP contribution in [0.5, 0.6) is 0 Å². The van der Waals surface area contributed by atoms with Crippen LogP contribution in [0.15, 0.2) is 30.3 Å². The Morgan fingerprint density at radius 2 is 2.13 bits per heavy atom. The summed E-state index contributed by atoms with van der Waals surface area (Å²) in [6.07, 6.45) is 0. The van der Waals surface area contributed by atoms with Gasteiger partial charge < -0.3 is 5.32 Å². The monoisotopic (exact) mass is 222 g/mol. The average Bonchev–Trinajstić information content (AvgIpc) is 2.30. The SMILES string of the molecule is CC(S)N1CCNC(c2ccccc2)C1. The molecule has 1 heterocycles. The van der Waals surface area contributed by atoms with Crippen molar-refractivity contribution >= 4 is 12.6 Å². The standard InChI is InChI=1S/C12H18N2S/c1-10(15)14-8-7-13-12(9-14)11-5-3-2-4-6-11/h2-6,10,12-13,15H,7-9H2,1H3. The Labute approximate surface area is 97.1 Å². The van der Waals surface area contributed by atoms with E-state index in [9.17, 15) is 0 Å². The van der Waals surface area contributed by atoms with Crippen LogP contribution in [0.2, 0.25) is 0 Å². The van der Waals surface area contributed by atoms with Gasteiger partial charge in [0.2, 0.25) is 0 Å². The Kier molecular flexibility index (Phi) is 3.67. The van der Waals surface area contributed by atoms with Gasteiger partial charge in [0, 0.05) is 25.7 Å². The smallest absolute Gasteiger partial charge is 0.0500 e. The lowest BCUT2D eigenvalue weighted by Gasteiger charge is -2.36. The molecule has 1 N–H and O–H groups in total. The number of thiol groups is 1. The zero-order chi connectivity index (χ0) is 10.7. The zero-order valence-corrected chi connectivity index (χ0v) is 9.95. The largest absolute Gasteiger partial charge is 0.308 e. The van der Waals surface area contributed by atoms with Crippen LogP contribution in [-0.2, 0) is 0 Å². The summed E-state index contributed by atoms with van der Waals surface area (Å²) in [5.41, 5.74) is 1.37. The number of nitrogens with one attached hydrogen (secondary N) is 1. The summed E-state index contributed by atoms with van der Waals surface area (Å²) >= 11 is 4.49. The summed E-state index contributed by atoms with van der Waals surface area (Å²) in [6, 6.07) is 11.1. The van der Waals surface area contributed by atoms with Crippen molar-refractivity contribution < 1.29 is 0 Å². The predicted octanol–water partition coefficient (Wildman–Crippen LogP) is 1.91. The molecule has 0 radical (unpaired) electrons. The maximum atomic E-state index is 4.49. The molecule has 0 amide bonds. The molecule has 1 saturated heterocycles. The molecule has 15 heavy (non-hydrogen) atoms. The highest BCUT2D eigenvalue weighted by molar-refractivity contribution is 7.80. The van der Waals surface area contributed by atoms with Crippen molar-refractivity contribution in [2.45, 2.75) is 18.3 Å².